The van der Waals surface area contributed by atoms with Crippen LogP contribution in [0.25, 0.3) is 0 Å². The summed E-state index contributed by atoms with van der Waals surface area (Å²) in [4.78, 5) is 3.99. The first-order valence-corrected chi connectivity index (χ1v) is 3.65. The topological polar surface area (TPSA) is 36.2 Å². The minimum atomic E-state index is 0.880. The second-order valence-corrected chi connectivity index (χ2v) is 2.53. The van der Waals surface area contributed by atoms with Crippen molar-refractivity contribution in [2.75, 3.05) is 0 Å². The highest BCUT2D eigenvalue weighted by atomic mass is 127. The Labute approximate surface area is 68.7 Å². The quantitative estimate of drug-likeness (QED) is 0.434. The molecule has 0 rings (SSSR count). The second kappa shape index (κ2) is 4.67. The highest BCUT2D eigenvalue weighted by Gasteiger charge is 1.88. The Morgan fingerprint density at radius 3 is 2.56 bits per heavy atom. The number of nitrogens with zero attached hydrogens (tertiary/aromatic N) is 1. The molecule has 3 heteroatoms. The summed E-state index contributed by atoms with van der Waals surface area (Å²) in [7, 11) is 0. The van der Waals surface area contributed by atoms with Crippen molar-refractivity contribution >= 4 is 35.0 Å². The molecule has 0 bridgehead atoms. The fourth-order valence-corrected chi connectivity index (χ4v) is 0.709. The Kier molecular flexibility index (Phi) is 4.57. The molecule has 0 aromatic heterocycles. The van der Waals surface area contributed by atoms with Gasteiger partial charge < -0.3 is 5.41 Å². The summed E-state index contributed by atoms with van der Waals surface area (Å²) in [5.74, 6) is 0. The van der Waals surface area contributed by atoms with Crippen LogP contribution in [0.1, 0.15) is 13.8 Å². The predicted octanol–water partition coefficient (Wildman–Crippen LogP) is 2.39. The average molecular weight is 236 g/mol. The molecule has 50 valence electrons. The number of nitrogens with one attached hydrogen (secondary N) is 1. The zero-order valence-corrected chi connectivity index (χ0v) is 7.64. The lowest BCUT2D eigenvalue weighted by atomic mass is 10.4. The first kappa shape index (κ1) is 8.81. The van der Waals surface area contributed by atoms with Crippen molar-refractivity contribution < 1.29 is 0 Å². The van der Waals surface area contributed by atoms with E-state index >= 15 is 0 Å². The molecule has 9 heavy (non-hydrogen) atoms. The van der Waals surface area contributed by atoms with Gasteiger partial charge in [-0.3, -0.25) is 4.99 Å². The number of rotatable bonds is 2. The van der Waals surface area contributed by atoms with Crippen molar-refractivity contribution in [2.24, 2.45) is 4.99 Å². The summed E-state index contributed by atoms with van der Waals surface area (Å²) in [6.45, 7) is 3.72. The predicted molar refractivity (Wildman–Crippen MR) is 49.7 cm³/mol. The van der Waals surface area contributed by atoms with Crippen molar-refractivity contribution in [3.8, 4) is 0 Å². The maximum atomic E-state index is 6.86. The number of hydrogen-bond acceptors (Lipinski definition) is 2. The zero-order chi connectivity index (χ0) is 7.28. The molecule has 0 spiro atoms. The smallest absolute Gasteiger partial charge is 0.105 e. The van der Waals surface area contributed by atoms with Crippen LogP contribution in [-0.4, -0.2) is 12.4 Å². The van der Waals surface area contributed by atoms with E-state index in [2.05, 4.69) is 27.6 Å². The number of aliphatic imine (C=N–C) groups is 1. The van der Waals surface area contributed by atoms with Gasteiger partial charge in [-0.2, -0.15) is 0 Å². The molecule has 0 saturated heterocycles. The third-order valence-electron chi connectivity index (χ3n) is 0.784. The standard InChI is InChI=1S/C6H9IN2/c1-3-9-6(7)5(2)4-8/h3-4,8H,1-2H3/b6-5-,8-4?,9-3-. The van der Waals surface area contributed by atoms with Gasteiger partial charge in [0.05, 0.1) is 0 Å². The van der Waals surface area contributed by atoms with E-state index in [1.807, 2.05) is 13.8 Å². The Morgan fingerprint density at radius 1 is 1.67 bits per heavy atom. The lowest BCUT2D eigenvalue weighted by molar-refractivity contribution is 1.43. The van der Waals surface area contributed by atoms with Crippen molar-refractivity contribution in [1.82, 2.24) is 0 Å². The van der Waals surface area contributed by atoms with Crippen molar-refractivity contribution in [3.05, 3.63) is 9.28 Å². The maximum Gasteiger partial charge on any atom is 0.105 e. The summed E-state index contributed by atoms with van der Waals surface area (Å²) in [6.07, 6.45) is 3.02. The molecule has 0 aliphatic carbocycles. The number of allylic oxidation sites excluding steroid dienone is 1. The first-order chi connectivity index (χ1) is 4.22. The largest absolute Gasteiger partial charge is 0.308 e. The van der Waals surface area contributed by atoms with Crippen molar-refractivity contribution in [2.45, 2.75) is 13.8 Å². The SMILES string of the molecule is C/C=N\C(I)=C(\C)C=N. The van der Waals surface area contributed by atoms with E-state index in [-0.39, 0.29) is 0 Å². The monoisotopic (exact) mass is 236 g/mol. The summed E-state index contributed by atoms with van der Waals surface area (Å²) in [5.41, 5.74) is 0.897. The van der Waals surface area contributed by atoms with Gasteiger partial charge in [-0.25, -0.2) is 0 Å². The third kappa shape index (κ3) is 3.40. The fourth-order valence-electron chi connectivity index (χ4n) is 0.275. The van der Waals surface area contributed by atoms with Crippen LogP contribution >= 0.6 is 22.6 Å². The normalized spacial score (nSPS) is 13.7. The Hall–Kier alpha value is -0.190. The molecule has 0 unspecified atom stereocenters. The van der Waals surface area contributed by atoms with Crippen LogP contribution in [0.2, 0.25) is 0 Å². The van der Waals surface area contributed by atoms with Gasteiger partial charge in [0.15, 0.2) is 0 Å². The van der Waals surface area contributed by atoms with Gasteiger partial charge in [0.2, 0.25) is 0 Å². The summed E-state index contributed by atoms with van der Waals surface area (Å²) in [5, 5.41) is 6.86. The van der Waals surface area contributed by atoms with Crippen LogP contribution in [0.15, 0.2) is 14.3 Å². The highest BCUT2D eigenvalue weighted by molar-refractivity contribution is 14.1. The molecule has 2 nitrogen and oxygen atoms in total. The molecule has 0 atom stereocenters. The van der Waals surface area contributed by atoms with Gasteiger partial charge in [0, 0.05) is 12.4 Å². The summed E-state index contributed by atoms with van der Waals surface area (Å²) < 4.78 is 0.880. The van der Waals surface area contributed by atoms with E-state index in [0.717, 1.165) is 9.28 Å². The van der Waals surface area contributed by atoms with Gasteiger partial charge in [0.1, 0.15) is 3.70 Å². The number of hydrogen-bond donors (Lipinski definition) is 1. The molecule has 0 fully saturated rings. The van der Waals surface area contributed by atoms with E-state index < -0.39 is 0 Å². The molecule has 0 heterocycles. The highest BCUT2D eigenvalue weighted by Crippen LogP contribution is 2.10. The Balaban J connectivity index is 4.27. The molecule has 0 aliphatic heterocycles. The summed E-state index contributed by atoms with van der Waals surface area (Å²) in [6, 6.07) is 0. The third-order valence-corrected chi connectivity index (χ3v) is 1.91. The second-order valence-electron chi connectivity index (χ2n) is 1.51. The molecule has 0 aromatic carbocycles. The average Bonchev–Trinajstić information content (AvgIpc) is 1.87. The molecular formula is C6H9IN2. The van der Waals surface area contributed by atoms with E-state index in [0.29, 0.717) is 0 Å². The maximum absolute atomic E-state index is 6.86. The molecule has 0 radical (unpaired) electrons. The van der Waals surface area contributed by atoms with Gasteiger partial charge in [0.25, 0.3) is 0 Å². The molecule has 0 aliphatic rings. The minimum absolute atomic E-state index is 0.880. The van der Waals surface area contributed by atoms with Crippen LogP contribution in [0.5, 0.6) is 0 Å². The lowest BCUT2D eigenvalue weighted by Crippen LogP contribution is -1.77. The van der Waals surface area contributed by atoms with Gasteiger partial charge in [-0.15, -0.1) is 0 Å². The van der Waals surface area contributed by atoms with Crippen LogP contribution < -0.4 is 0 Å². The van der Waals surface area contributed by atoms with E-state index in [9.17, 15) is 0 Å². The van der Waals surface area contributed by atoms with Crippen molar-refractivity contribution in [3.63, 3.8) is 0 Å². The van der Waals surface area contributed by atoms with Crippen molar-refractivity contribution in [1.29, 1.82) is 5.41 Å². The van der Waals surface area contributed by atoms with Gasteiger partial charge >= 0.3 is 0 Å². The Morgan fingerprint density at radius 2 is 2.22 bits per heavy atom. The van der Waals surface area contributed by atoms with Crippen LogP contribution in [-0.2, 0) is 0 Å². The zero-order valence-electron chi connectivity index (χ0n) is 5.48. The Bertz CT molecular complexity index is 158. The lowest BCUT2D eigenvalue weighted by Gasteiger charge is -1.89. The van der Waals surface area contributed by atoms with Crippen LogP contribution in [0, 0.1) is 5.41 Å². The molecule has 0 aromatic rings. The van der Waals surface area contributed by atoms with E-state index in [1.165, 1.54) is 6.21 Å². The fraction of sp³-hybridized carbons (Fsp3) is 0.333. The van der Waals surface area contributed by atoms with Crippen LogP contribution in [0.4, 0.5) is 0 Å². The van der Waals surface area contributed by atoms with Gasteiger partial charge in [-0.1, -0.05) is 0 Å². The van der Waals surface area contributed by atoms with E-state index in [4.69, 9.17) is 5.41 Å². The first-order valence-electron chi connectivity index (χ1n) is 2.58. The molecule has 1 N–H and O–H groups in total. The molecule has 0 amide bonds. The van der Waals surface area contributed by atoms with Crippen LogP contribution in [0.3, 0.4) is 0 Å². The summed E-state index contributed by atoms with van der Waals surface area (Å²) >= 11 is 2.10. The molecular weight excluding hydrogens is 227 g/mol. The minimum Gasteiger partial charge on any atom is -0.308 e. The van der Waals surface area contributed by atoms with E-state index in [1.54, 1.807) is 6.21 Å². The van der Waals surface area contributed by atoms with Gasteiger partial charge in [-0.05, 0) is 42.0 Å². The number of halogens is 1. The molecule has 0 saturated carbocycles.